The van der Waals surface area contributed by atoms with Crippen molar-refractivity contribution in [1.82, 2.24) is 5.32 Å². The van der Waals surface area contributed by atoms with Crippen LogP contribution in [0.4, 0.5) is 13.2 Å². The molecule has 0 bridgehead atoms. The summed E-state index contributed by atoms with van der Waals surface area (Å²) in [6, 6.07) is 0. The number of hydrogen-bond donors (Lipinski definition) is 1. The van der Waals surface area contributed by atoms with Gasteiger partial charge in [-0.15, -0.1) is 0 Å². The average Bonchev–Trinajstić information content (AvgIpc) is 2.04. The fraction of sp³-hybridized carbons (Fsp3) is 0.500. The number of halogens is 3. The van der Waals surface area contributed by atoms with Crippen LogP contribution in [0.1, 0.15) is 6.92 Å². The Morgan fingerprint density at radius 3 is 2.69 bits per heavy atom. The molecular weight excluding hydrogens is 183 g/mol. The second kappa shape index (κ2) is 3.83. The SMILES string of the molecule is CC(OC1C=C[C]=CN1)C(F)(F)F. The topological polar surface area (TPSA) is 21.3 Å². The fourth-order valence-electron chi connectivity index (χ4n) is 0.759. The smallest absolute Gasteiger partial charge is 0.362 e. The molecule has 0 aromatic rings. The van der Waals surface area contributed by atoms with Gasteiger partial charge in [0.1, 0.15) is 6.23 Å². The maximum absolute atomic E-state index is 12.0. The van der Waals surface area contributed by atoms with Gasteiger partial charge in [-0.25, -0.2) is 0 Å². The minimum atomic E-state index is -4.32. The van der Waals surface area contributed by atoms with E-state index in [-0.39, 0.29) is 0 Å². The molecule has 1 aliphatic rings. The van der Waals surface area contributed by atoms with E-state index in [1.807, 2.05) is 0 Å². The summed E-state index contributed by atoms with van der Waals surface area (Å²) in [6.45, 7) is 0.970. The molecule has 0 aliphatic carbocycles. The van der Waals surface area contributed by atoms with Crippen molar-refractivity contribution in [2.45, 2.75) is 25.4 Å². The number of alkyl halides is 3. The van der Waals surface area contributed by atoms with Crippen molar-refractivity contribution in [3.05, 3.63) is 24.4 Å². The molecule has 1 radical (unpaired) electrons. The molecule has 2 atom stereocenters. The molecule has 1 aliphatic heterocycles. The van der Waals surface area contributed by atoms with Gasteiger partial charge in [0, 0.05) is 6.20 Å². The van der Waals surface area contributed by atoms with Crippen LogP contribution in [0.15, 0.2) is 18.4 Å². The quantitative estimate of drug-likeness (QED) is 0.719. The number of hydrogen-bond acceptors (Lipinski definition) is 2. The summed E-state index contributed by atoms with van der Waals surface area (Å²) >= 11 is 0. The summed E-state index contributed by atoms with van der Waals surface area (Å²) in [4.78, 5) is 0. The van der Waals surface area contributed by atoms with Crippen molar-refractivity contribution in [3.63, 3.8) is 0 Å². The largest absolute Gasteiger partial charge is 0.414 e. The van der Waals surface area contributed by atoms with E-state index in [2.05, 4.69) is 16.1 Å². The third-order valence-corrected chi connectivity index (χ3v) is 1.51. The molecule has 2 nitrogen and oxygen atoms in total. The molecule has 0 saturated carbocycles. The van der Waals surface area contributed by atoms with Gasteiger partial charge >= 0.3 is 6.18 Å². The van der Waals surface area contributed by atoms with Crippen molar-refractivity contribution < 1.29 is 17.9 Å². The van der Waals surface area contributed by atoms with E-state index >= 15 is 0 Å². The Morgan fingerprint density at radius 2 is 2.23 bits per heavy atom. The highest BCUT2D eigenvalue weighted by molar-refractivity contribution is 5.04. The highest BCUT2D eigenvalue weighted by Crippen LogP contribution is 2.23. The van der Waals surface area contributed by atoms with Gasteiger partial charge in [0.15, 0.2) is 6.10 Å². The normalized spacial score (nSPS) is 24.2. The van der Waals surface area contributed by atoms with Crippen molar-refractivity contribution in [3.8, 4) is 0 Å². The summed E-state index contributed by atoms with van der Waals surface area (Å²) in [7, 11) is 0. The molecule has 0 aromatic heterocycles. The van der Waals surface area contributed by atoms with Crippen LogP contribution in [0.2, 0.25) is 0 Å². The van der Waals surface area contributed by atoms with Crippen molar-refractivity contribution in [2.75, 3.05) is 0 Å². The first-order valence-electron chi connectivity index (χ1n) is 3.73. The lowest BCUT2D eigenvalue weighted by atomic mass is 10.3. The minimum Gasteiger partial charge on any atom is -0.362 e. The summed E-state index contributed by atoms with van der Waals surface area (Å²) < 4.78 is 40.7. The maximum atomic E-state index is 12.0. The van der Waals surface area contributed by atoms with Gasteiger partial charge in [0.2, 0.25) is 0 Å². The van der Waals surface area contributed by atoms with Gasteiger partial charge in [-0.3, -0.25) is 0 Å². The number of nitrogens with one attached hydrogen (secondary N) is 1. The van der Waals surface area contributed by atoms with Crippen LogP contribution in [0.5, 0.6) is 0 Å². The molecule has 0 saturated heterocycles. The van der Waals surface area contributed by atoms with Crippen LogP contribution >= 0.6 is 0 Å². The first-order valence-corrected chi connectivity index (χ1v) is 3.73. The van der Waals surface area contributed by atoms with Crippen LogP contribution in [0.3, 0.4) is 0 Å². The second-order valence-electron chi connectivity index (χ2n) is 2.58. The van der Waals surface area contributed by atoms with Gasteiger partial charge in [0.05, 0.1) is 0 Å². The third kappa shape index (κ3) is 3.10. The van der Waals surface area contributed by atoms with E-state index in [1.54, 1.807) is 0 Å². The zero-order valence-corrected chi connectivity index (χ0v) is 6.93. The lowest BCUT2D eigenvalue weighted by molar-refractivity contribution is -0.223. The molecule has 0 fully saturated rings. The van der Waals surface area contributed by atoms with Gasteiger partial charge in [-0.1, -0.05) is 6.08 Å². The highest BCUT2D eigenvalue weighted by atomic mass is 19.4. The van der Waals surface area contributed by atoms with Gasteiger partial charge in [-0.2, -0.15) is 13.2 Å². The van der Waals surface area contributed by atoms with Gasteiger partial charge in [-0.05, 0) is 19.1 Å². The van der Waals surface area contributed by atoms with Crippen LogP contribution in [0.25, 0.3) is 0 Å². The van der Waals surface area contributed by atoms with Crippen LogP contribution in [0, 0.1) is 6.08 Å². The number of dihydropyridines is 1. The predicted octanol–water partition coefficient (Wildman–Crippen LogP) is 1.76. The van der Waals surface area contributed by atoms with E-state index in [4.69, 9.17) is 0 Å². The summed E-state index contributed by atoms with van der Waals surface area (Å²) in [5.41, 5.74) is 0. The van der Waals surface area contributed by atoms with Gasteiger partial charge in [0.25, 0.3) is 0 Å². The Hall–Kier alpha value is -0.970. The standard InChI is InChI=1S/C8H9F3NO/c1-6(8(9,10)11)13-7-4-2-3-5-12-7/h2,4-7,12H,1H3. The van der Waals surface area contributed by atoms with E-state index in [9.17, 15) is 13.2 Å². The molecule has 1 heterocycles. The summed E-state index contributed by atoms with van der Waals surface area (Å²) in [5.74, 6) is 0. The molecule has 1 N–H and O–H groups in total. The van der Waals surface area contributed by atoms with Crippen molar-refractivity contribution >= 4 is 0 Å². The van der Waals surface area contributed by atoms with E-state index in [0.29, 0.717) is 0 Å². The van der Waals surface area contributed by atoms with Crippen molar-refractivity contribution in [1.29, 1.82) is 0 Å². The maximum Gasteiger partial charge on any atom is 0.414 e. The zero-order chi connectivity index (χ0) is 9.90. The molecule has 1 rings (SSSR count). The zero-order valence-electron chi connectivity index (χ0n) is 6.93. The molecule has 13 heavy (non-hydrogen) atoms. The third-order valence-electron chi connectivity index (χ3n) is 1.51. The van der Waals surface area contributed by atoms with E-state index in [0.717, 1.165) is 6.92 Å². The van der Waals surface area contributed by atoms with Crippen LogP contribution in [-0.2, 0) is 4.74 Å². The Kier molecular flexibility index (Phi) is 2.98. The monoisotopic (exact) mass is 192 g/mol. The molecule has 2 unspecified atom stereocenters. The average molecular weight is 192 g/mol. The van der Waals surface area contributed by atoms with Crippen LogP contribution < -0.4 is 5.32 Å². The lowest BCUT2D eigenvalue weighted by Crippen LogP contribution is -2.37. The highest BCUT2D eigenvalue weighted by Gasteiger charge is 2.38. The first-order chi connectivity index (χ1) is 6.00. The Morgan fingerprint density at radius 1 is 1.54 bits per heavy atom. The summed E-state index contributed by atoms with van der Waals surface area (Å²) in [5, 5.41) is 2.58. The molecule has 5 heteroatoms. The van der Waals surface area contributed by atoms with E-state index < -0.39 is 18.5 Å². The van der Waals surface area contributed by atoms with Crippen LogP contribution in [-0.4, -0.2) is 18.5 Å². The predicted molar refractivity (Wildman–Crippen MR) is 40.5 cm³/mol. The first kappa shape index (κ1) is 10.1. The van der Waals surface area contributed by atoms with Gasteiger partial charge < -0.3 is 10.1 Å². The fourth-order valence-corrected chi connectivity index (χ4v) is 0.759. The molecule has 0 spiro atoms. The number of allylic oxidation sites excluding steroid dienone is 2. The Bertz CT molecular complexity index is 222. The Labute approximate surface area is 74.1 Å². The molecule has 0 aromatic carbocycles. The minimum absolute atomic E-state index is 0.724. The molecule has 0 amide bonds. The molecule has 73 valence electrons. The number of rotatable bonds is 2. The Balaban J connectivity index is 2.41. The van der Waals surface area contributed by atoms with Crippen molar-refractivity contribution in [2.24, 2.45) is 0 Å². The number of ether oxygens (including phenoxy) is 1. The summed E-state index contributed by atoms with van der Waals surface area (Å²) in [6.07, 6.45) is 0.204. The molecular formula is C8H9F3NO. The second-order valence-corrected chi connectivity index (χ2v) is 2.58. The van der Waals surface area contributed by atoms with E-state index in [1.165, 1.54) is 18.4 Å². The lowest BCUT2D eigenvalue weighted by Gasteiger charge is -2.22.